The van der Waals surface area contributed by atoms with Crippen LogP contribution in [0.1, 0.15) is 463 Å². The molecule has 0 saturated heterocycles. The van der Waals surface area contributed by atoms with Gasteiger partial charge in [0.25, 0.3) is 0 Å². The van der Waals surface area contributed by atoms with Gasteiger partial charge in [-0.25, -0.2) is 4.57 Å². The van der Waals surface area contributed by atoms with E-state index in [1.807, 2.05) is 0 Å². The third kappa shape index (κ3) is 77.6. The number of hydrogen-bond acceptors (Lipinski definition) is 8. The number of nitrogens with two attached hydrogens (primary N) is 1. The van der Waals surface area contributed by atoms with E-state index < -0.39 is 26.5 Å². The Hall–Kier alpha value is -1.25. The number of ether oxygens (including phenoxy) is 2. The zero-order chi connectivity index (χ0) is 65.8. The van der Waals surface area contributed by atoms with Gasteiger partial charge in [-0.3, -0.25) is 18.6 Å². The van der Waals surface area contributed by atoms with Crippen molar-refractivity contribution in [3.63, 3.8) is 0 Å². The van der Waals surface area contributed by atoms with Crippen molar-refractivity contribution in [2.75, 3.05) is 26.4 Å². The zero-order valence-electron chi connectivity index (χ0n) is 61.4. The number of carbonyl (C=O) groups is 2. The molecule has 542 valence electrons. The molecule has 0 bridgehead atoms. The van der Waals surface area contributed by atoms with Crippen molar-refractivity contribution >= 4 is 19.8 Å². The maximum absolute atomic E-state index is 12.8. The molecule has 9 nitrogen and oxygen atoms in total. The van der Waals surface area contributed by atoms with E-state index in [9.17, 15) is 19.0 Å². The fraction of sp³-hybridized carbons (Fsp3) is 0.951. The summed E-state index contributed by atoms with van der Waals surface area (Å²) >= 11 is 0. The maximum atomic E-state index is 12.8. The average Bonchev–Trinajstić information content (AvgIpc) is 3.71. The number of phosphoric ester groups is 1. The molecule has 10 heteroatoms. The van der Waals surface area contributed by atoms with Crippen LogP contribution in [0.5, 0.6) is 0 Å². The lowest BCUT2D eigenvalue weighted by Crippen LogP contribution is -2.29. The van der Waals surface area contributed by atoms with E-state index in [0.717, 1.165) is 32.1 Å². The minimum atomic E-state index is -4.39. The van der Waals surface area contributed by atoms with Gasteiger partial charge in [0.15, 0.2) is 6.10 Å². The smallest absolute Gasteiger partial charge is 0.462 e. The summed E-state index contributed by atoms with van der Waals surface area (Å²) < 4.78 is 33.3. The van der Waals surface area contributed by atoms with Crippen LogP contribution >= 0.6 is 7.82 Å². The van der Waals surface area contributed by atoms with Crippen LogP contribution in [-0.4, -0.2) is 49.3 Å². The van der Waals surface area contributed by atoms with Crippen molar-refractivity contribution in [1.29, 1.82) is 0 Å². The van der Waals surface area contributed by atoms with Gasteiger partial charge >= 0.3 is 19.8 Å². The molecule has 0 aliphatic carbocycles. The van der Waals surface area contributed by atoms with Crippen molar-refractivity contribution in [3.05, 3.63) is 12.2 Å². The standard InChI is InChI=1S/C81H160NO8P/c1-3-5-7-9-11-13-15-17-19-21-23-25-27-29-31-33-35-36-37-38-39-40-41-42-44-46-48-50-52-54-56-58-60-62-64-66-68-70-72-74-81(84)90-79(78-89-91(85,86)88-76-75-82)77-87-80(83)73-71-69-67-65-63-61-59-57-55-53-51-49-47-45-43-34-32-30-28-26-24-22-20-18-16-14-12-10-8-6-4-2/h21,23,79H,3-20,22,24-78,82H2,1-2H3,(H,85,86)/b23-21-. The number of allylic oxidation sites excluding steroid dienone is 2. The largest absolute Gasteiger partial charge is 0.472 e. The quantitative estimate of drug-likeness (QED) is 0.0264. The van der Waals surface area contributed by atoms with Gasteiger partial charge in [-0.1, -0.05) is 424 Å². The van der Waals surface area contributed by atoms with Crippen LogP contribution < -0.4 is 5.73 Å². The number of unbranched alkanes of at least 4 members (excludes halogenated alkanes) is 65. The highest BCUT2D eigenvalue weighted by atomic mass is 31.2. The lowest BCUT2D eigenvalue weighted by molar-refractivity contribution is -0.161. The zero-order valence-corrected chi connectivity index (χ0v) is 62.3. The van der Waals surface area contributed by atoms with Crippen LogP contribution in [0.3, 0.4) is 0 Å². The molecular weight excluding hydrogens is 1150 g/mol. The third-order valence-corrected chi connectivity index (χ3v) is 20.1. The van der Waals surface area contributed by atoms with E-state index in [4.69, 9.17) is 24.3 Å². The molecular formula is C81H160NO8P. The molecule has 3 N–H and O–H groups in total. The highest BCUT2D eigenvalue weighted by molar-refractivity contribution is 7.47. The summed E-state index contributed by atoms with van der Waals surface area (Å²) in [6.07, 6.45) is 96.6. The first-order valence-corrected chi connectivity index (χ1v) is 42.7. The third-order valence-electron chi connectivity index (χ3n) is 19.2. The lowest BCUT2D eigenvalue weighted by atomic mass is 10.0. The maximum Gasteiger partial charge on any atom is 0.472 e. The predicted molar refractivity (Wildman–Crippen MR) is 395 cm³/mol. The molecule has 0 aromatic heterocycles. The molecule has 0 heterocycles. The van der Waals surface area contributed by atoms with Gasteiger partial charge in [-0.2, -0.15) is 0 Å². The van der Waals surface area contributed by atoms with Crippen molar-refractivity contribution in [2.24, 2.45) is 5.73 Å². The number of carbonyl (C=O) groups excluding carboxylic acids is 2. The summed E-state index contributed by atoms with van der Waals surface area (Å²) in [5.41, 5.74) is 5.42. The average molecular weight is 1310 g/mol. The summed E-state index contributed by atoms with van der Waals surface area (Å²) in [4.78, 5) is 35.5. The van der Waals surface area contributed by atoms with E-state index in [-0.39, 0.29) is 38.6 Å². The number of esters is 2. The molecule has 2 atom stereocenters. The Labute approximate surface area is 568 Å². The summed E-state index contributed by atoms with van der Waals surface area (Å²) in [6, 6.07) is 0. The van der Waals surface area contributed by atoms with Gasteiger partial charge < -0.3 is 20.1 Å². The normalized spacial score (nSPS) is 12.8. The van der Waals surface area contributed by atoms with Crippen LogP contribution in [0.2, 0.25) is 0 Å². The fourth-order valence-corrected chi connectivity index (χ4v) is 13.8. The second kappa shape index (κ2) is 77.8. The second-order valence-electron chi connectivity index (χ2n) is 28.4. The van der Waals surface area contributed by atoms with Crippen LogP contribution in [0.4, 0.5) is 0 Å². The SMILES string of the molecule is CCCCCCCCCC/C=C\CCCCCCCCCCCCCCCCCCCCCCCCCCCCCC(=O)OC(COC(=O)CCCCCCCCCCCCCCCCCCCCCCCCCCCCCCCCC)COP(=O)(O)OCCN. The summed E-state index contributed by atoms with van der Waals surface area (Å²) in [5, 5.41) is 0. The Morgan fingerprint density at radius 1 is 0.319 bits per heavy atom. The van der Waals surface area contributed by atoms with E-state index >= 15 is 0 Å². The minimum absolute atomic E-state index is 0.0584. The van der Waals surface area contributed by atoms with Gasteiger partial charge in [-0.15, -0.1) is 0 Å². The van der Waals surface area contributed by atoms with Gasteiger partial charge in [0.05, 0.1) is 13.2 Å². The van der Waals surface area contributed by atoms with Gasteiger partial charge in [0, 0.05) is 19.4 Å². The van der Waals surface area contributed by atoms with E-state index in [1.54, 1.807) is 0 Å². The fourth-order valence-electron chi connectivity index (χ4n) is 13.1. The molecule has 0 aromatic carbocycles. The molecule has 0 aliphatic rings. The monoisotopic (exact) mass is 1310 g/mol. The Kier molecular flexibility index (Phi) is 76.7. The first-order chi connectivity index (χ1) is 44.8. The molecule has 0 radical (unpaired) electrons. The molecule has 91 heavy (non-hydrogen) atoms. The van der Waals surface area contributed by atoms with Crippen molar-refractivity contribution in [2.45, 2.75) is 469 Å². The summed E-state index contributed by atoms with van der Waals surface area (Å²) in [6.45, 7) is 3.85. The predicted octanol–water partition coefficient (Wildman–Crippen LogP) is 27.4. The highest BCUT2D eigenvalue weighted by Gasteiger charge is 2.26. The molecule has 0 amide bonds. The minimum Gasteiger partial charge on any atom is -0.462 e. The molecule has 0 spiro atoms. The highest BCUT2D eigenvalue weighted by Crippen LogP contribution is 2.43. The van der Waals surface area contributed by atoms with Crippen LogP contribution in [0.15, 0.2) is 12.2 Å². The topological polar surface area (TPSA) is 134 Å². The van der Waals surface area contributed by atoms with Gasteiger partial charge in [0.1, 0.15) is 6.61 Å². The van der Waals surface area contributed by atoms with Gasteiger partial charge in [-0.05, 0) is 38.5 Å². The van der Waals surface area contributed by atoms with Gasteiger partial charge in [0.2, 0.25) is 0 Å². The number of hydrogen-bond donors (Lipinski definition) is 2. The van der Waals surface area contributed by atoms with E-state index in [2.05, 4.69) is 26.0 Å². The molecule has 0 aliphatic heterocycles. The van der Waals surface area contributed by atoms with Crippen LogP contribution in [0.25, 0.3) is 0 Å². The Morgan fingerprint density at radius 2 is 0.538 bits per heavy atom. The van der Waals surface area contributed by atoms with Crippen molar-refractivity contribution < 1.29 is 37.6 Å². The first-order valence-electron chi connectivity index (χ1n) is 41.2. The molecule has 0 saturated carbocycles. The first kappa shape index (κ1) is 89.8. The summed E-state index contributed by atoms with van der Waals surface area (Å²) in [7, 11) is -4.39. The molecule has 0 rings (SSSR count). The number of rotatable bonds is 80. The van der Waals surface area contributed by atoms with E-state index in [1.165, 1.54) is 398 Å². The Morgan fingerprint density at radius 3 is 0.780 bits per heavy atom. The molecule has 2 unspecified atom stereocenters. The molecule has 0 fully saturated rings. The Bertz CT molecular complexity index is 1500. The summed E-state index contributed by atoms with van der Waals surface area (Å²) in [5.74, 6) is -0.795. The van der Waals surface area contributed by atoms with Crippen molar-refractivity contribution in [1.82, 2.24) is 0 Å². The second-order valence-corrected chi connectivity index (χ2v) is 29.8. The number of phosphoric acid groups is 1. The van der Waals surface area contributed by atoms with Crippen LogP contribution in [-0.2, 0) is 32.7 Å². The lowest BCUT2D eigenvalue weighted by Gasteiger charge is -2.19. The van der Waals surface area contributed by atoms with Crippen molar-refractivity contribution in [3.8, 4) is 0 Å². The molecule has 0 aromatic rings. The Balaban J connectivity index is 3.71. The van der Waals surface area contributed by atoms with Crippen LogP contribution in [0, 0.1) is 0 Å². The van der Waals surface area contributed by atoms with E-state index in [0.29, 0.717) is 6.42 Å².